The second-order valence-electron chi connectivity index (χ2n) is 13.1. The van der Waals surface area contributed by atoms with Gasteiger partial charge in [0.1, 0.15) is 18.9 Å². The summed E-state index contributed by atoms with van der Waals surface area (Å²) in [6.07, 6.45) is 14.5. The van der Waals surface area contributed by atoms with E-state index in [0.717, 1.165) is 104 Å². The molecule has 0 bridgehead atoms. The lowest BCUT2D eigenvalue weighted by atomic mass is 10.0. The molecule has 0 spiro atoms. The summed E-state index contributed by atoms with van der Waals surface area (Å²) in [6, 6.07) is 15.0. The van der Waals surface area contributed by atoms with Crippen molar-refractivity contribution in [3.05, 3.63) is 102 Å². The summed E-state index contributed by atoms with van der Waals surface area (Å²) in [5, 5.41) is 6.57. The minimum atomic E-state index is -0.462. The van der Waals surface area contributed by atoms with E-state index in [4.69, 9.17) is 18.8 Å². The third-order valence-corrected chi connectivity index (χ3v) is 9.67. The molecule has 7 heterocycles. The third-order valence-electron chi connectivity index (χ3n) is 9.67. The average molecular weight is 688 g/mol. The van der Waals surface area contributed by atoms with Gasteiger partial charge >= 0.3 is 0 Å². The minimum absolute atomic E-state index is 0.288. The Hall–Kier alpha value is -5.98. The summed E-state index contributed by atoms with van der Waals surface area (Å²) in [7, 11) is 0. The van der Waals surface area contributed by atoms with E-state index in [-0.39, 0.29) is 11.8 Å². The highest BCUT2D eigenvalue weighted by Crippen LogP contribution is 2.38. The summed E-state index contributed by atoms with van der Waals surface area (Å²) in [5.74, 6) is 0.498. The van der Waals surface area contributed by atoms with Gasteiger partial charge in [-0.3, -0.25) is 0 Å². The van der Waals surface area contributed by atoms with Crippen LogP contribution >= 0.6 is 0 Å². The van der Waals surface area contributed by atoms with Crippen LogP contribution in [0.5, 0.6) is 0 Å². The number of benzene rings is 2. The number of furan rings is 2. The Morgan fingerprint density at radius 1 is 0.627 bits per heavy atom. The van der Waals surface area contributed by atoms with Gasteiger partial charge in [-0.25, -0.2) is 33.7 Å². The molecule has 51 heavy (non-hydrogen) atoms. The molecule has 2 aromatic carbocycles. The number of guanidine groups is 2. The first-order valence-corrected chi connectivity index (χ1v) is 17.4. The summed E-state index contributed by atoms with van der Waals surface area (Å²) in [6.45, 7) is 3.91. The number of anilines is 6. The van der Waals surface area contributed by atoms with Crippen molar-refractivity contribution in [3.8, 4) is 0 Å². The fourth-order valence-corrected chi connectivity index (χ4v) is 7.17. The van der Waals surface area contributed by atoms with Gasteiger partial charge in [0.25, 0.3) is 0 Å². The maximum absolute atomic E-state index is 14.0. The highest BCUT2D eigenvalue weighted by atomic mass is 19.1. The Bertz CT molecular complexity index is 2070. The van der Waals surface area contributed by atoms with Gasteiger partial charge in [0.15, 0.2) is 23.4 Å². The van der Waals surface area contributed by atoms with E-state index in [9.17, 15) is 8.78 Å². The third kappa shape index (κ3) is 6.19. The van der Waals surface area contributed by atoms with Crippen molar-refractivity contribution < 1.29 is 17.6 Å². The van der Waals surface area contributed by atoms with Crippen LogP contribution in [0.2, 0.25) is 0 Å². The molecule has 4 aromatic rings. The summed E-state index contributed by atoms with van der Waals surface area (Å²) >= 11 is 0. The largest absolute Gasteiger partial charge is 0.446 e. The summed E-state index contributed by atoms with van der Waals surface area (Å²) < 4.78 is 38.8. The zero-order valence-corrected chi connectivity index (χ0v) is 27.8. The minimum Gasteiger partial charge on any atom is -0.446 e. The summed E-state index contributed by atoms with van der Waals surface area (Å²) in [5.41, 5.74) is 7.23. The van der Waals surface area contributed by atoms with Gasteiger partial charge in [-0.05, 0) is 87.1 Å². The molecule has 2 saturated heterocycles. The number of nitrogens with zero attached hydrogens (tertiary/aromatic N) is 7. The van der Waals surface area contributed by atoms with Crippen molar-refractivity contribution in [2.75, 3.05) is 46.6 Å². The first-order valence-electron chi connectivity index (χ1n) is 17.4. The van der Waals surface area contributed by atoms with Crippen LogP contribution in [-0.2, 0) is 0 Å². The van der Waals surface area contributed by atoms with Gasteiger partial charge < -0.3 is 29.3 Å². The van der Waals surface area contributed by atoms with Crippen molar-refractivity contribution in [2.24, 2.45) is 20.0 Å². The molecular weight excluding hydrogens is 652 g/mol. The Kier molecular flexibility index (Phi) is 7.94. The molecule has 2 aromatic heterocycles. The van der Waals surface area contributed by atoms with Crippen LogP contribution < -0.4 is 20.4 Å². The molecular formula is C38H35F2N9O2. The molecule has 9 rings (SSSR count). The lowest BCUT2D eigenvalue weighted by Gasteiger charge is -2.33. The normalized spacial score (nSPS) is 18.4. The number of aliphatic imine (C=N–C) groups is 4. The highest BCUT2D eigenvalue weighted by Gasteiger charge is 2.32. The van der Waals surface area contributed by atoms with Gasteiger partial charge in [-0.15, -0.1) is 0 Å². The fourth-order valence-electron chi connectivity index (χ4n) is 7.17. The summed E-state index contributed by atoms with van der Waals surface area (Å²) in [4.78, 5) is 25.4. The number of nitrogens with one attached hydrogen (secondary N) is 2. The van der Waals surface area contributed by atoms with Crippen LogP contribution in [0, 0.1) is 11.6 Å². The number of halogens is 2. The first-order chi connectivity index (χ1) is 25.0. The molecule has 11 nitrogen and oxygen atoms in total. The van der Waals surface area contributed by atoms with Crippen LogP contribution in [0.3, 0.4) is 0 Å². The van der Waals surface area contributed by atoms with E-state index in [1.165, 1.54) is 31.3 Å². The van der Waals surface area contributed by atoms with Crippen molar-refractivity contribution in [1.82, 2.24) is 4.90 Å². The maximum Gasteiger partial charge on any atom is 0.239 e. The molecule has 2 fully saturated rings. The highest BCUT2D eigenvalue weighted by molar-refractivity contribution is 6.24. The molecule has 0 unspecified atom stereocenters. The number of allylic oxidation sites excluding steroid dienone is 2. The van der Waals surface area contributed by atoms with E-state index < -0.39 is 11.6 Å². The Balaban J connectivity index is 1.12. The molecule has 2 N–H and O–H groups in total. The van der Waals surface area contributed by atoms with Gasteiger partial charge in [0.2, 0.25) is 11.9 Å². The zero-order valence-electron chi connectivity index (χ0n) is 27.8. The first kappa shape index (κ1) is 31.0. The quantitative estimate of drug-likeness (QED) is 0.191. The van der Waals surface area contributed by atoms with Crippen LogP contribution in [0.4, 0.5) is 43.3 Å². The van der Waals surface area contributed by atoms with Gasteiger partial charge in [0, 0.05) is 60.8 Å². The van der Waals surface area contributed by atoms with Crippen LogP contribution in [-0.4, -0.2) is 55.0 Å². The predicted molar refractivity (Wildman–Crippen MR) is 197 cm³/mol. The van der Waals surface area contributed by atoms with Gasteiger partial charge in [-0.1, -0.05) is 0 Å². The Labute approximate surface area is 293 Å². The number of piperidine rings is 2. The number of rotatable bonds is 8. The van der Waals surface area contributed by atoms with E-state index in [1.807, 2.05) is 24.3 Å². The molecule has 5 aliphatic rings. The molecule has 0 aliphatic carbocycles. The van der Waals surface area contributed by atoms with E-state index in [1.54, 1.807) is 4.90 Å². The number of hydrogen-bond acceptors (Lipinski definition) is 11. The fraction of sp³-hybridized carbons (Fsp3) is 0.263. The predicted octanol–water partition coefficient (Wildman–Crippen LogP) is 8.42. The topological polar surface area (TPSA) is 110 Å². The number of hydrogen-bond donors (Lipinski definition) is 2. The molecule has 13 heteroatoms. The van der Waals surface area contributed by atoms with Gasteiger partial charge in [-0.2, -0.15) is 0 Å². The zero-order chi connectivity index (χ0) is 34.3. The van der Waals surface area contributed by atoms with Gasteiger partial charge in [0.05, 0.1) is 28.5 Å². The lowest BCUT2D eigenvalue weighted by molar-refractivity contribution is 0.543. The van der Waals surface area contributed by atoms with Crippen LogP contribution in [0.1, 0.15) is 49.7 Å². The SMILES string of the molecule is Fc1coc(Nc2cc(N3CCCCC3)ccc2C2=CC3=CC(c4ccc(N5CCCCC5)cc4Nc4cc(F)co4)=NC4=NC=NC(=N2)N34)c1. The van der Waals surface area contributed by atoms with Crippen molar-refractivity contribution in [1.29, 1.82) is 0 Å². The Morgan fingerprint density at radius 2 is 1.22 bits per heavy atom. The van der Waals surface area contributed by atoms with Crippen LogP contribution in [0.25, 0.3) is 5.70 Å². The molecule has 258 valence electrons. The van der Waals surface area contributed by atoms with Crippen LogP contribution in [0.15, 0.2) is 108 Å². The van der Waals surface area contributed by atoms with E-state index in [2.05, 4.69) is 54.7 Å². The molecule has 5 aliphatic heterocycles. The molecule has 0 saturated carbocycles. The second kappa shape index (κ2) is 13.0. The second-order valence-corrected chi connectivity index (χ2v) is 13.1. The van der Waals surface area contributed by atoms with Crippen molar-refractivity contribution in [3.63, 3.8) is 0 Å². The monoisotopic (exact) mass is 687 g/mol. The van der Waals surface area contributed by atoms with Crippen molar-refractivity contribution >= 4 is 64.2 Å². The average Bonchev–Trinajstić information content (AvgIpc) is 3.78. The van der Waals surface area contributed by atoms with E-state index in [0.29, 0.717) is 23.3 Å². The molecule has 0 atom stereocenters. The molecule has 0 radical (unpaired) electrons. The van der Waals surface area contributed by atoms with E-state index >= 15 is 0 Å². The van der Waals surface area contributed by atoms with Crippen molar-refractivity contribution in [2.45, 2.75) is 38.5 Å². The maximum atomic E-state index is 14.0. The molecule has 0 amide bonds. The standard InChI is InChI=1S/C38H35F2N9O2/c39-24-15-35(50-21-24)43-31-17-26(47-11-3-1-4-12-47)7-9-29(31)33-19-28-20-34(46-38-42-23-41-37(45-33)49(28)38)30-10-8-27(48-13-5-2-6-14-48)18-32(30)44-36-16-25(40)22-51-36/h7-10,15-23,43-44H,1-6,11-14H2. The lowest BCUT2D eigenvalue weighted by Crippen LogP contribution is -2.40. The Morgan fingerprint density at radius 3 is 1.80 bits per heavy atom. The smallest absolute Gasteiger partial charge is 0.239 e.